The van der Waals surface area contributed by atoms with E-state index >= 15 is 0 Å². The molecule has 3 rings (SSSR count). The Morgan fingerprint density at radius 2 is 2.08 bits per heavy atom. The molecule has 1 fully saturated rings. The lowest BCUT2D eigenvalue weighted by Gasteiger charge is -2.14. The number of nitrogens with zero attached hydrogens (tertiary/aromatic N) is 1. The van der Waals surface area contributed by atoms with Gasteiger partial charge in [0.15, 0.2) is 0 Å². The van der Waals surface area contributed by atoms with Gasteiger partial charge in [0.25, 0.3) is 5.91 Å². The molecule has 1 aromatic carbocycles. The third kappa shape index (κ3) is 2.87. The van der Waals surface area contributed by atoms with Gasteiger partial charge in [-0.1, -0.05) is 11.6 Å². The summed E-state index contributed by atoms with van der Waals surface area (Å²) >= 11 is 5.81. The van der Waals surface area contributed by atoms with Crippen LogP contribution in [0.2, 0.25) is 5.02 Å². The Morgan fingerprint density at radius 1 is 1.42 bits per heavy atom. The van der Waals surface area contributed by atoms with Gasteiger partial charge in [-0.15, -0.1) is 0 Å². The minimum absolute atomic E-state index is 0.0411. The van der Waals surface area contributed by atoms with E-state index in [2.05, 4.69) is 5.32 Å². The minimum atomic E-state index is -1.22. The highest BCUT2D eigenvalue weighted by atomic mass is 35.5. The van der Waals surface area contributed by atoms with E-state index in [1.54, 1.807) is 4.57 Å². The van der Waals surface area contributed by atoms with Gasteiger partial charge in [-0.3, -0.25) is 14.4 Å². The second-order valence-electron chi connectivity index (χ2n) is 5.83. The highest BCUT2D eigenvalue weighted by molar-refractivity contribution is 6.31. The van der Waals surface area contributed by atoms with Crippen molar-refractivity contribution < 1.29 is 19.1 Å². The molecule has 1 amide bonds. The van der Waals surface area contributed by atoms with Gasteiger partial charge in [-0.25, -0.2) is 4.39 Å². The number of benzene rings is 1. The number of pyridine rings is 1. The van der Waals surface area contributed by atoms with Gasteiger partial charge >= 0.3 is 5.97 Å². The Balaban J connectivity index is 2.17. The summed E-state index contributed by atoms with van der Waals surface area (Å²) in [6.07, 6.45) is 3.14. The summed E-state index contributed by atoms with van der Waals surface area (Å²) in [4.78, 5) is 35.7. The van der Waals surface area contributed by atoms with E-state index in [0.29, 0.717) is 5.52 Å². The fourth-order valence-corrected chi connectivity index (χ4v) is 2.65. The van der Waals surface area contributed by atoms with Crippen molar-refractivity contribution in [3.63, 3.8) is 0 Å². The first-order valence-corrected chi connectivity index (χ1v) is 7.75. The van der Waals surface area contributed by atoms with Crippen LogP contribution in [0.3, 0.4) is 0 Å². The number of rotatable bonds is 4. The van der Waals surface area contributed by atoms with Crippen LogP contribution in [-0.4, -0.2) is 27.6 Å². The molecule has 1 atom stereocenters. The first-order valence-electron chi connectivity index (χ1n) is 7.37. The van der Waals surface area contributed by atoms with Crippen LogP contribution in [0, 0.1) is 5.82 Å². The zero-order valence-corrected chi connectivity index (χ0v) is 13.4. The molecule has 126 valence electrons. The number of amides is 1. The largest absolute Gasteiger partial charge is 0.480 e. The van der Waals surface area contributed by atoms with E-state index in [1.165, 1.54) is 19.2 Å². The fraction of sp³-hybridized carbons (Fsp3) is 0.312. The molecule has 24 heavy (non-hydrogen) atoms. The standard InChI is InChI=1S/C16H14ClFN2O4/c1-7(16(23)24)19-15(22)10-6-20(8-2-3-8)13-5-11(17)12(18)4-9(13)14(10)21/h4-8H,2-3H2,1H3,(H,19,22)(H,23,24)/t7-/m0/s1. The molecule has 6 nitrogen and oxygen atoms in total. The molecule has 0 aliphatic heterocycles. The van der Waals surface area contributed by atoms with Gasteiger partial charge < -0.3 is 15.0 Å². The lowest BCUT2D eigenvalue weighted by atomic mass is 10.1. The van der Waals surface area contributed by atoms with Gasteiger partial charge in [-0.2, -0.15) is 0 Å². The molecular formula is C16H14ClFN2O4. The van der Waals surface area contributed by atoms with Crippen molar-refractivity contribution in [2.24, 2.45) is 0 Å². The number of fused-ring (bicyclic) bond motifs is 1. The molecule has 0 radical (unpaired) electrons. The highest BCUT2D eigenvalue weighted by Crippen LogP contribution is 2.37. The molecule has 1 aliphatic carbocycles. The van der Waals surface area contributed by atoms with E-state index in [1.807, 2.05) is 0 Å². The van der Waals surface area contributed by atoms with Crippen LogP contribution in [0.4, 0.5) is 4.39 Å². The SMILES string of the molecule is C[C@H](NC(=O)c1cn(C2CC2)c2cc(Cl)c(F)cc2c1=O)C(=O)O. The van der Waals surface area contributed by atoms with Crippen molar-refractivity contribution >= 4 is 34.4 Å². The van der Waals surface area contributed by atoms with Crippen LogP contribution >= 0.6 is 11.6 Å². The molecule has 0 saturated heterocycles. The van der Waals surface area contributed by atoms with Crippen LogP contribution in [0.15, 0.2) is 23.1 Å². The maximum absolute atomic E-state index is 13.8. The van der Waals surface area contributed by atoms with Crippen LogP contribution in [-0.2, 0) is 4.79 Å². The summed E-state index contributed by atoms with van der Waals surface area (Å²) in [5.74, 6) is -2.77. The number of aliphatic carboxylic acids is 1. The molecule has 0 spiro atoms. The predicted octanol–water partition coefficient (Wildman–Crippen LogP) is 2.33. The molecule has 2 aromatic rings. The number of carbonyl (C=O) groups excluding carboxylic acids is 1. The van der Waals surface area contributed by atoms with Crippen molar-refractivity contribution in [2.45, 2.75) is 31.8 Å². The third-order valence-corrected chi connectivity index (χ3v) is 4.27. The summed E-state index contributed by atoms with van der Waals surface area (Å²) in [6.45, 7) is 1.29. The van der Waals surface area contributed by atoms with Gasteiger partial charge in [0, 0.05) is 17.6 Å². The van der Waals surface area contributed by atoms with Crippen molar-refractivity contribution in [3.8, 4) is 0 Å². The lowest BCUT2D eigenvalue weighted by molar-refractivity contribution is -0.138. The Labute approximate surface area is 140 Å². The Bertz CT molecular complexity index is 920. The first-order chi connectivity index (χ1) is 11.3. The average Bonchev–Trinajstić information content (AvgIpc) is 3.34. The summed E-state index contributed by atoms with van der Waals surface area (Å²) in [7, 11) is 0. The Kier molecular flexibility index (Phi) is 4.04. The number of carboxylic acids is 1. The molecule has 2 N–H and O–H groups in total. The quantitative estimate of drug-likeness (QED) is 0.884. The van der Waals surface area contributed by atoms with Gasteiger partial charge in [0.2, 0.25) is 5.43 Å². The van der Waals surface area contributed by atoms with E-state index in [9.17, 15) is 18.8 Å². The Morgan fingerprint density at radius 3 is 2.67 bits per heavy atom. The van der Waals surface area contributed by atoms with Crippen molar-refractivity contribution in [3.05, 3.63) is 45.0 Å². The predicted molar refractivity (Wildman–Crippen MR) is 86.0 cm³/mol. The van der Waals surface area contributed by atoms with Crippen molar-refractivity contribution in [1.29, 1.82) is 0 Å². The van der Waals surface area contributed by atoms with Crippen LogP contribution in [0.5, 0.6) is 0 Å². The lowest BCUT2D eigenvalue weighted by Crippen LogP contribution is -2.40. The van der Waals surface area contributed by atoms with E-state index in [-0.39, 0.29) is 22.0 Å². The minimum Gasteiger partial charge on any atom is -0.480 e. The van der Waals surface area contributed by atoms with Gasteiger partial charge in [0.1, 0.15) is 17.4 Å². The summed E-state index contributed by atoms with van der Waals surface area (Å²) in [5, 5.41) is 11.1. The van der Waals surface area contributed by atoms with Gasteiger partial charge in [0.05, 0.1) is 10.5 Å². The van der Waals surface area contributed by atoms with Crippen molar-refractivity contribution in [1.82, 2.24) is 9.88 Å². The number of aromatic nitrogens is 1. The van der Waals surface area contributed by atoms with E-state index in [0.717, 1.165) is 18.9 Å². The molecule has 1 heterocycles. The number of hydrogen-bond donors (Lipinski definition) is 2. The molecule has 1 aliphatic rings. The second-order valence-corrected chi connectivity index (χ2v) is 6.23. The summed E-state index contributed by atoms with van der Waals surface area (Å²) in [5.41, 5.74) is -0.423. The van der Waals surface area contributed by atoms with Crippen LogP contribution in [0.25, 0.3) is 10.9 Å². The molecular weight excluding hydrogens is 339 g/mol. The number of carboxylic acid groups (broad SMARTS) is 1. The molecule has 0 bridgehead atoms. The van der Waals surface area contributed by atoms with E-state index in [4.69, 9.17) is 16.7 Å². The second kappa shape index (κ2) is 5.90. The Hall–Kier alpha value is -2.41. The maximum atomic E-state index is 13.8. The summed E-state index contributed by atoms with van der Waals surface area (Å²) in [6, 6.07) is 1.34. The summed E-state index contributed by atoms with van der Waals surface area (Å²) < 4.78 is 15.5. The van der Waals surface area contributed by atoms with Crippen molar-refractivity contribution in [2.75, 3.05) is 0 Å². The molecule has 8 heteroatoms. The zero-order valence-electron chi connectivity index (χ0n) is 12.7. The third-order valence-electron chi connectivity index (χ3n) is 3.98. The number of nitrogens with one attached hydrogen (secondary N) is 1. The normalized spacial score (nSPS) is 15.3. The smallest absolute Gasteiger partial charge is 0.325 e. The van der Waals surface area contributed by atoms with Crippen LogP contribution in [0.1, 0.15) is 36.2 Å². The molecule has 0 unspecified atom stereocenters. The van der Waals surface area contributed by atoms with Crippen LogP contribution < -0.4 is 10.7 Å². The average molecular weight is 353 g/mol. The topological polar surface area (TPSA) is 88.4 Å². The van der Waals surface area contributed by atoms with E-state index < -0.39 is 29.2 Å². The molecule has 1 aromatic heterocycles. The fourth-order valence-electron chi connectivity index (χ4n) is 2.50. The maximum Gasteiger partial charge on any atom is 0.325 e. The van der Waals surface area contributed by atoms with Gasteiger partial charge in [-0.05, 0) is 31.9 Å². The number of hydrogen-bond acceptors (Lipinski definition) is 3. The molecule has 1 saturated carbocycles. The number of carbonyl (C=O) groups is 2. The first kappa shape index (κ1) is 16.4. The monoisotopic (exact) mass is 352 g/mol. The highest BCUT2D eigenvalue weighted by Gasteiger charge is 2.28. The number of halogens is 2. The zero-order chi connectivity index (χ0) is 17.6.